The van der Waals surface area contributed by atoms with Gasteiger partial charge in [-0.05, 0) is 29.9 Å². The van der Waals surface area contributed by atoms with Gasteiger partial charge in [0.1, 0.15) is 10.3 Å². The first-order valence-electron chi connectivity index (χ1n) is 6.31. The molecular formula is C14H15NO4S2. The molecule has 0 bridgehead atoms. The van der Waals surface area contributed by atoms with Crippen molar-refractivity contribution in [1.82, 2.24) is 4.72 Å². The highest BCUT2D eigenvalue weighted by atomic mass is 32.2. The predicted molar refractivity (Wildman–Crippen MR) is 80.8 cm³/mol. The smallest absolute Gasteiger partial charge is 0.321 e. The number of sulfonamides is 1. The lowest BCUT2D eigenvalue weighted by Gasteiger charge is -2.14. The Morgan fingerprint density at radius 3 is 2.48 bits per heavy atom. The van der Waals surface area contributed by atoms with E-state index in [4.69, 9.17) is 0 Å². The molecule has 5 nitrogen and oxygen atoms in total. The van der Waals surface area contributed by atoms with E-state index in [1.165, 1.54) is 6.07 Å². The number of carboxylic acids is 1. The summed E-state index contributed by atoms with van der Waals surface area (Å²) in [6, 6.07) is 11.3. The highest BCUT2D eigenvalue weighted by Crippen LogP contribution is 2.16. The number of hydrogen-bond donors (Lipinski definition) is 2. The highest BCUT2D eigenvalue weighted by molar-refractivity contribution is 7.91. The van der Waals surface area contributed by atoms with Gasteiger partial charge in [-0.3, -0.25) is 4.79 Å². The van der Waals surface area contributed by atoms with Gasteiger partial charge >= 0.3 is 5.97 Å². The zero-order valence-corrected chi connectivity index (χ0v) is 12.7. The third-order valence-electron chi connectivity index (χ3n) is 2.92. The average molecular weight is 325 g/mol. The summed E-state index contributed by atoms with van der Waals surface area (Å²) in [6.45, 7) is 0. The third kappa shape index (κ3) is 4.38. The number of aryl methyl sites for hydroxylation is 1. The van der Waals surface area contributed by atoms with Crippen LogP contribution in [0.5, 0.6) is 0 Å². The van der Waals surface area contributed by atoms with Crippen molar-refractivity contribution in [3.8, 4) is 0 Å². The molecule has 7 heteroatoms. The van der Waals surface area contributed by atoms with Gasteiger partial charge in [0.2, 0.25) is 0 Å². The van der Waals surface area contributed by atoms with Crippen molar-refractivity contribution in [3.63, 3.8) is 0 Å². The van der Waals surface area contributed by atoms with E-state index < -0.39 is 22.0 Å². The Hall–Kier alpha value is -1.70. The Balaban J connectivity index is 2.05. The molecule has 21 heavy (non-hydrogen) atoms. The first-order chi connectivity index (χ1) is 9.99. The molecule has 0 saturated carbocycles. The SMILES string of the molecule is O=C(O)C(CCc1ccccc1)NS(=O)(=O)c1cccs1. The summed E-state index contributed by atoms with van der Waals surface area (Å²) in [5.74, 6) is -1.17. The number of benzene rings is 1. The van der Waals surface area contributed by atoms with E-state index >= 15 is 0 Å². The zero-order chi connectivity index (χ0) is 15.3. The maximum atomic E-state index is 12.1. The Morgan fingerprint density at radius 2 is 1.90 bits per heavy atom. The maximum absolute atomic E-state index is 12.1. The predicted octanol–water partition coefficient (Wildman–Crippen LogP) is 2.11. The van der Waals surface area contributed by atoms with Gasteiger partial charge in [-0.1, -0.05) is 36.4 Å². The van der Waals surface area contributed by atoms with E-state index in [0.717, 1.165) is 16.9 Å². The van der Waals surface area contributed by atoms with Gasteiger partial charge in [0.05, 0.1) is 0 Å². The molecule has 0 aliphatic rings. The second kappa shape index (κ2) is 6.84. The number of carbonyl (C=O) groups is 1. The fourth-order valence-electron chi connectivity index (χ4n) is 1.85. The second-order valence-corrected chi connectivity index (χ2v) is 7.36. The molecular weight excluding hydrogens is 310 g/mol. The summed E-state index contributed by atoms with van der Waals surface area (Å²) in [5, 5.41) is 10.8. The van der Waals surface area contributed by atoms with E-state index in [0.29, 0.717) is 6.42 Å². The van der Waals surface area contributed by atoms with E-state index in [2.05, 4.69) is 4.72 Å². The molecule has 0 aliphatic carbocycles. The summed E-state index contributed by atoms with van der Waals surface area (Å²) < 4.78 is 26.5. The van der Waals surface area contributed by atoms with Crippen molar-refractivity contribution in [1.29, 1.82) is 0 Å². The van der Waals surface area contributed by atoms with E-state index in [1.54, 1.807) is 11.4 Å². The summed E-state index contributed by atoms with van der Waals surface area (Å²) in [6.07, 6.45) is 0.689. The van der Waals surface area contributed by atoms with Crippen LogP contribution in [0, 0.1) is 0 Å². The lowest BCUT2D eigenvalue weighted by molar-refractivity contribution is -0.139. The quantitative estimate of drug-likeness (QED) is 0.817. The fraction of sp³-hybridized carbons (Fsp3) is 0.214. The highest BCUT2D eigenvalue weighted by Gasteiger charge is 2.25. The van der Waals surface area contributed by atoms with Gasteiger partial charge in [0.15, 0.2) is 0 Å². The number of nitrogens with one attached hydrogen (secondary N) is 1. The van der Waals surface area contributed by atoms with Crippen LogP contribution in [0.3, 0.4) is 0 Å². The van der Waals surface area contributed by atoms with E-state index in [1.807, 2.05) is 30.3 Å². The number of carboxylic acid groups (broad SMARTS) is 1. The molecule has 2 N–H and O–H groups in total. The summed E-state index contributed by atoms with van der Waals surface area (Å²) in [5.41, 5.74) is 0.971. The van der Waals surface area contributed by atoms with Crippen LogP contribution in [0.1, 0.15) is 12.0 Å². The molecule has 0 saturated heterocycles. The van der Waals surface area contributed by atoms with Crippen LogP contribution in [0.15, 0.2) is 52.1 Å². The Bertz CT molecular complexity index is 681. The van der Waals surface area contributed by atoms with Gasteiger partial charge in [0.25, 0.3) is 10.0 Å². The van der Waals surface area contributed by atoms with Crippen LogP contribution < -0.4 is 4.72 Å². The molecule has 0 fully saturated rings. The number of thiophene rings is 1. The van der Waals surface area contributed by atoms with Crippen molar-refractivity contribution in [2.45, 2.75) is 23.1 Å². The first-order valence-corrected chi connectivity index (χ1v) is 8.68. The molecule has 0 spiro atoms. The maximum Gasteiger partial charge on any atom is 0.321 e. The summed E-state index contributed by atoms with van der Waals surface area (Å²) >= 11 is 1.05. The molecule has 0 aliphatic heterocycles. The Labute approximate surface area is 127 Å². The van der Waals surface area contributed by atoms with Crippen LogP contribution in [0.4, 0.5) is 0 Å². The molecule has 112 valence electrons. The van der Waals surface area contributed by atoms with Gasteiger partial charge in [-0.2, -0.15) is 4.72 Å². The summed E-state index contributed by atoms with van der Waals surface area (Å²) in [4.78, 5) is 11.2. The molecule has 1 aromatic carbocycles. The van der Waals surface area contributed by atoms with Crippen LogP contribution in [0.25, 0.3) is 0 Å². The molecule has 0 amide bonds. The topological polar surface area (TPSA) is 83.5 Å². The zero-order valence-electron chi connectivity index (χ0n) is 11.1. The molecule has 2 aromatic rings. The van der Waals surface area contributed by atoms with Crippen molar-refractivity contribution >= 4 is 27.3 Å². The third-order valence-corrected chi connectivity index (χ3v) is 5.79. The van der Waals surface area contributed by atoms with Crippen LogP contribution >= 0.6 is 11.3 Å². The Kier molecular flexibility index (Phi) is 5.11. The normalized spacial score (nSPS) is 13.0. The van der Waals surface area contributed by atoms with Crippen LogP contribution in [-0.4, -0.2) is 25.5 Å². The van der Waals surface area contributed by atoms with Crippen LogP contribution in [0.2, 0.25) is 0 Å². The second-order valence-electron chi connectivity index (χ2n) is 4.47. The minimum atomic E-state index is -3.78. The first kappa shape index (κ1) is 15.7. The fourth-order valence-corrected chi connectivity index (χ4v) is 4.08. The molecule has 1 aromatic heterocycles. The standard InChI is InChI=1S/C14H15NO4S2/c16-14(17)12(9-8-11-5-2-1-3-6-11)15-21(18,19)13-7-4-10-20-13/h1-7,10,12,15H,8-9H2,(H,16,17). The lowest BCUT2D eigenvalue weighted by Crippen LogP contribution is -2.40. The molecule has 1 atom stereocenters. The molecule has 0 radical (unpaired) electrons. The average Bonchev–Trinajstić information content (AvgIpc) is 2.99. The minimum Gasteiger partial charge on any atom is -0.480 e. The van der Waals surface area contributed by atoms with Gasteiger partial charge in [-0.25, -0.2) is 8.42 Å². The van der Waals surface area contributed by atoms with E-state index in [-0.39, 0.29) is 10.6 Å². The van der Waals surface area contributed by atoms with Gasteiger partial charge < -0.3 is 5.11 Å². The molecule has 2 rings (SSSR count). The number of aliphatic carboxylic acids is 1. The van der Waals surface area contributed by atoms with Crippen molar-refractivity contribution in [3.05, 3.63) is 53.4 Å². The Morgan fingerprint density at radius 1 is 1.19 bits per heavy atom. The van der Waals surface area contributed by atoms with Crippen molar-refractivity contribution in [2.24, 2.45) is 0 Å². The van der Waals surface area contributed by atoms with Gasteiger partial charge in [0, 0.05) is 0 Å². The van der Waals surface area contributed by atoms with Crippen LogP contribution in [-0.2, 0) is 21.2 Å². The number of hydrogen-bond acceptors (Lipinski definition) is 4. The summed E-state index contributed by atoms with van der Waals surface area (Å²) in [7, 11) is -3.78. The van der Waals surface area contributed by atoms with E-state index in [9.17, 15) is 18.3 Å². The minimum absolute atomic E-state index is 0.119. The lowest BCUT2D eigenvalue weighted by atomic mass is 10.1. The largest absolute Gasteiger partial charge is 0.480 e. The van der Waals surface area contributed by atoms with Crippen molar-refractivity contribution < 1.29 is 18.3 Å². The van der Waals surface area contributed by atoms with Gasteiger partial charge in [-0.15, -0.1) is 11.3 Å². The van der Waals surface area contributed by atoms with Crippen molar-refractivity contribution in [2.75, 3.05) is 0 Å². The monoisotopic (exact) mass is 325 g/mol. The molecule has 1 heterocycles. The molecule has 1 unspecified atom stereocenters. The number of rotatable bonds is 7.